The Balaban J connectivity index is 1.74. The summed E-state index contributed by atoms with van der Waals surface area (Å²) >= 11 is 0. The predicted octanol–water partition coefficient (Wildman–Crippen LogP) is 3.35. The fourth-order valence-corrected chi connectivity index (χ4v) is 2.23. The van der Waals surface area contributed by atoms with Crippen LogP contribution in [-0.4, -0.2) is 18.5 Å². The third-order valence-electron chi connectivity index (χ3n) is 3.48. The molecule has 0 aliphatic carbocycles. The first kappa shape index (κ1) is 18.4. The quantitative estimate of drug-likeness (QED) is 0.750. The summed E-state index contributed by atoms with van der Waals surface area (Å²) in [4.78, 5) is 23.5. The van der Waals surface area contributed by atoms with Crippen molar-refractivity contribution in [3.05, 3.63) is 65.7 Å². The molecule has 0 aromatic heterocycles. The molecule has 3 amide bonds. The maximum atomic E-state index is 13.7. The zero-order valence-corrected chi connectivity index (χ0v) is 13.7. The number of amides is 3. The van der Waals surface area contributed by atoms with Gasteiger partial charge in [-0.2, -0.15) is 0 Å². The lowest BCUT2D eigenvalue weighted by atomic mass is 10.1. The lowest BCUT2D eigenvalue weighted by molar-refractivity contribution is -0.121. The fraction of sp³-hybridized carbons (Fsp3) is 0.222. The first-order valence-corrected chi connectivity index (χ1v) is 7.80. The minimum atomic E-state index is -0.715. The lowest BCUT2D eigenvalue weighted by Gasteiger charge is -2.15. The second-order valence-corrected chi connectivity index (χ2v) is 5.45. The zero-order valence-electron chi connectivity index (χ0n) is 13.7. The molecule has 3 N–H and O–H groups in total. The van der Waals surface area contributed by atoms with Crippen LogP contribution in [-0.2, 0) is 4.79 Å². The van der Waals surface area contributed by atoms with Gasteiger partial charge in [-0.15, -0.1) is 0 Å². The van der Waals surface area contributed by atoms with Crippen molar-refractivity contribution in [3.63, 3.8) is 0 Å². The van der Waals surface area contributed by atoms with Crippen LogP contribution in [0.3, 0.4) is 0 Å². The number of carbonyl (C=O) groups excluding carboxylic acids is 2. The van der Waals surface area contributed by atoms with Crippen LogP contribution < -0.4 is 16.0 Å². The first-order valence-electron chi connectivity index (χ1n) is 7.80. The van der Waals surface area contributed by atoms with Crippen molar-refractivity contribution in [2.75, 3.05) is 11.9 Å². The van der Waals surface area contributed by atoms with Crippen LogP contribution in [0.4, 0.5) is 19.3 Å². The summed E-state index contributed by atoms with van der Waals surface area (Å²) < 4.78 is 26.6. The van der Waals surface area contributed by atoms with Gasteiger partial charge in [0.25, 0.3) is 0 Å². The van der Waals surface area contributed by atoms with Gasteiger partial charge in [0.2, 0.25) is 5.91 Å². The number of anilines is 1. The second-order valence-electron chi connectivity index (χ2n) is 5.45. The number of nitrogens with one attached hydrogen (secondary N) is 3. The van der Waals surface area contributed by atoms with Crippen LogP contribution in [0.15, 0.2) is 48.5 Å². The number of para-hydroxylation sites is 1. The predicted molar refractivity (Wildman–Crippen MR) is 91.0 cm³/mol. The molecule has 2 aromatic rings. The van der Waals surface area contributed by atoms with Crippen LogP contribution in [0.5, 0.6) is 0 Å². The van der Waals surface area contributed by atoms with Crippen molar-refractivity contribution in [1.82, 2.24) is 10.6 Å². The van der Waals surface area contributed by atoms with E-state index in [1.165, 1.54) is 6.07 Å². The van der Waals surface area contributed by atoms with Crippen molar-refractivity contribution >= 4 is 17.6 Å². The Bertz CT molecular complexity index is 738. The molecule has 0 aliphatic rings. The van der Waals surface area contributed by atoms with Crippen LogP contribution in [0.2, 0.25) is 0 Å². The minimum absolute atomic E-state index is 0.0371. The van der Waals surface area contributed by atoms with E-state index in [1.54, 1.807) is 31.2 Å². The van der Waals surface area contributed by atoms with E-state index >= 15 is 0 Å². The molecule has 0 spiro atoms. The molecule has 7 heteroatoms. The molecule has 0 unspecified atom stereocenters. The number of benzene rings is 2. The highest BCUT2D eigenvalue weighted by Crippen LogP contribution is 2.17. The van der Waals surface area contributed by atoms with Gasteiger partial charge in [-0.1, -0.05) is 24.3 Å². The third-order valence-corrected chi connectivity index (χ3v) is 3.48. The van der Waals surface area contributed by atoms with Gasteiger partial charge in [0.1, 0.15) is 11.6 Å². The molecule has 0 saturated heterocycles. The molecule has 132 valence electrons. The molecule has 2 aromatic carbocycles. The van der Waals surface area contributed by atoms with Crippen molar-refractivity contribution in [1.29, 1.82) is 0 Å². The van der Waals surface area contributed by atoms with Gasteiger partial charge in [-0.25, -0.2) is 13.6 Å². The van der Waals surface area contributed by atoms with Gasteiger partial charge in [-0.05, 0) is 25.1 Å². The van der Waals surface area contributed by atoms with E-state index < -0.39 is 23.7 Å². The van der Waals surface area contributed by atoms with Crippen molar-refractivity contribution in [2.24, 2.45) is 0 Å². The summed E-state index contributed by atoms with van der Waals surface area (Å²) in [6.45, 7) is 1.73. The monoisotopic (exact) mass is 347 g/mol. The summed E-state index contributed by atoms with van der Waals surface area (Å²) in [7, 11) is 0. The standard InChI is InChI=1S/C18H19F2N3O2/c1-12(15-8-7-13(19)11-16(15)20)22-17(24)9-10-21-18(25)23-14-5-3-2-4-6-14/h2-8,11-12H,9-10H2,1H3,(H,22,24)(H2,21,23,25)/t12-/m0/s1. The van der Waals surface area contributed by atoms with Gasteiger partial charge < -0.3 is 16.0 Å². The summed E-state index contributed by atoms with van der Waals surface area (Å²) in [6.07, 6.45) is 0.0371. The Morgan fingerprint density at radius 1 is 1.08 bits per heavy atom. The van der Waals surface area contributed by atoms with E-state index in [0.717, 1.165) is 12.1 Å². The minimum Gasteiger partial charge on any atom is -0.349 e. The summed E-state index contributed by atoms with van der Waals surface area (Å²) in [5.74, 6) is -1.74. The third kappa shape index (κ3) is 5.87. The number of rotatable bonds is 6. The van der Waals surface area contributed by atoms with Gasteiger partial charge in [0.15, 0.2) is 0 Å². The molecule has 0 heterocycles. The Morgan fingerprint density at radius 2 is 1.80 bits per heavy atom. The molecule has 1 atom stereocenters. The smallest absolute Gasteiger partial charge is 0.319 e. The average Bonchev–Trinajstić information content (AvgIpc) is 2.55. The SMILES string of the molecule is C[C@H](NC(=O)CCNC(=O)Nc1ccccc1)c1ccc(F)cc1F. The second kappa shape index (κ2) is 8.77. The van der Waals surface area contributed by atoms with Gasteiger partial charge in [0.05, 0.1) is 6.04 Å². The van der Waals surface area contributed by atoms with E-state index in [2.05, 4.69) is 16.0 Å². The number of urea groups is 1. The van der Waals surface area contributed by atoms with E-state index in [4.69, 9.17) is 0 Å². The number of halogens is 2. The van der Waals surface area contributed by atoms with Crippen molar-refractivity contribution in [3.8, 4) is 0 Å². The van der Waals surface area contributed by atoms with Crippen LogP contribution >= 0.6 is 0 Å². The van der Waals surface area contributed by atoms with Crippen LogP contribution in [0.1, 0.15) is 24.9 Å². The molecule has 0 aliphatic heterocycles. The highest BCUT2D eigenvalue weighted by atomic mass is 19.1. The van der Waals surface area contributed by atoms with Crippen LogP contribution in [0.25, 0.3) is 0 Å². The zero-order chi connectivity index (χ0) is 18.2. The fourth-order valence-electron chi connectivity index (χ4n) is 2.23. The summed E-state index contributed by atoms with van der Waals surface area (Å²) in [5, 5.41) is 7.79. The maximum Gasteiger partial charge on any atom is 0.319 e. The normalized spacial score (nSPS) is 11.5. The van der Waals surface area contributed by atoms with Gasteiger partial charge in [-0.3, -0.25) is 4.79 Å². The number of carbonyl (C=O) groups is 2. The molecule has 0 saturated carbocycles. The molecular formula is C18H19F2N3O2. The molecule has 25 heavy (non-hydrogen) atoms. The molecular weight excluding hydrogens is 328 g/mol. The maximum absolute atomic E-state index is 13.7. The largest absolute Gasteiger partial charge is 0.349 e. The van der Waals surface area contributed by atoms with Gasteiger partial charge >= 0.3 is 6.03 Å². The number of hydrogen-bond acceptors (Lipinski definition) is 2. The molecule has 2 rings (SSSR count). The average molecular weight is 347 g/mol. The first-order chi connectivity index (χ1) is 12.0. The molecule has 0 radical (unpaired) electrons. The van der Waals surface area contributed by atoms with Crippen molar-refractivity contribution < 1.29 is 18.4 Å². The van der Waals surface area contributed by atoms with E-state index in [0.29, 0.717) is 5.69 Å². The summed E-state index contributed by atoms with van der Waals surface area (Å²) in [6, 6.07) is 11.1. The summed E-state index contributed by atoms with van der Waals surface area (Å²) in [5.41, 5.74) is 0.842. The Kier molecular flexibility index (Phi) is 6.45. The Morgan fingerprint density at radius 3 is 2.48 bits per heavy atom. The molecule has 0 bridgehead atoms. The highest BCUT2D eigenvalue weighted by Gasteiger charge is 2.14. The van der Waals surface area contributed by atoms with E-state index in [9.17, 15) is 18.4 Å². The van der Waals surface area contributed by atoms with Gasteiger partial charge in [0, 0.05) is 30.3 Å². The lowest BCUT2D eigenvalue weighted by Crippen LogP contribution is -2.34. The van der Waals surface area contributed by atoms with Crippen LogP contribution in [0, 0.1) is 11.6 Å². The topological polar surface area (TPSA) is 70.2 Å². The van der Waals surface area contributed by atoms with E-state index in [-0.39, 0.29) is 24.4 Å². The molecule has 0 fully saturated rings. The number of hydrogen-bond donors (Lipinski definition) is 3. The van der Waals surface area contributed by atoms with E-state index in [1.807, 2.05) is 6.07 Å². The Labute approximate surface area is 144 Å². The molecule has 5 nitrogen and oxygen atoms in total. The van der Waals surface area contributed by atoms with Crippen molar-refractivity contribution in [2.45, 2.75) is 19.4 Å². The highest BCUT2D eigenvalue weighted by molar-refractivity contribution is 5.89. The Hall–Kier alpha value is -2.96.